The van der Waals surface area contributed by atoms with Gasteiger partial charge in [-0.1, -0.05) is 0 Å². The molecule has 1 rings (SSSR count). The molecular formula is C13H21NO7. The number of aliphatic carboxylic acids is 2. The van der Waals surface area contributed by atoms with E-state index in [1.807, 2.05) is 6.92 Å². The molecule has 0 radical (unpaired) electrons. The summed E-state index contributed by atoms with van der Waals surface area (Å²) in [5, 5.41) is 18.6. The van der Waals surface area contributed by atoms with Crippen LogP contribution >= 0.6 is 0 Å². The summed E-state index contributed by atoms with van der Waals surface area (Å²) in [5.74, 6) is -3.69. The van der Waals surface area contributed by atoms with Gasteiger partial charge in [0.1, 0.15) is 0 Å². The topological polar surface area (TPSA) is 113 Å². The van der Waals surface area contributed by atoms with Gasteiger partial charge in [0.25, 0.3) is 0 Å². The molecule has 0 aliphatic carbocycles. The van der Waals surface area contributed by atoms with E-state index in [9.17, 15) is 24.6 Å². The third kappa shape index (κ3) is 3.51. The van der Waals surface area contributed by atoms with Crippen LogP contribution in [-0.2, 0) is 23.9 Å². The van der Waals surface area contributed by atoms with Crippen LogP contribution in [0.2, 0.25) is 0 Å². The second kappa shape index (κ2) is 6.86. The highest BCUT2D eigenvalue weighted by Gasteiger charge is 2.56. The summed E-state index contributed by atoms with van der Waals surface area (Å²) in [5.41, 5.74) is -2.22. The van der Waals surface area contributed by atoms with Crippen molar-refractivity contribution >= 4 is 17.8 Å². The molecule has 0 aromatic carbocycles. The zero-order valence-corrected chi connectivity index (χ0v) is 12.4. The first kappa shape index (κ1) is 17.4. The van der Waals surface area contributed by atoms with Gasteiger partial charge in [-0.05, 0) is 26.7 Å². The third-order valence-electron chi connectivity index (χ3n) is 3.55. The minimum atomic E-state index is -2.22. The molecule has 8 nitrogen and oxygen atoms in total. The summed E-state index contributed by atoms with van der Waals surface area (Å²) in [7, 11) is 0. The fraction of sp³-hybridized carbons (Fsp3) is 0.769. The van der Waals surface area contributed by atoms with Gasteiger partial charge in [-0.3, -0.25) is 4.79 Å². The minimum absolute atomic E-state index is 0.0919. The van der Waals surface area contributed by atoms with Crippen LogP contribution in [0.5, 0.6) is 0 Å². The number of carbonyl (C=O) groups is 3. The van der Waals surface area contributed by atoms with Gasteiger partial charge in [0.15, 0.2) is 6.29 Å². The quantitative estimate of drug-likeness (QED) is 0.536. The predicted molar refractivity (Wildman–Crippen MR) is 70.6 cm³/mol. The largest absolute Gasteiger partial charge is 0.479 e. The molecule has 0 aromatic heterocycles. The first-order valence-electron chi connectivity index (χ1n) is 6.77. The van der Waals surface area contributed by atoms with Crippen LogP contribution in [0.4, 0.5) is 0 Å². The van der Waals surface area contributed by atoms with Gasteiger partial charge in [-0.25, -0.2) is 9.59 Å². The lowest BCUT2D eigenvalue weighted by Gasteiger charge is -2.43. The van der Waals surface area contributed by atoms with Crippen molar-refractivity contribution in [1.82, 2.24) is 4.90 Å². The molecule has 1 heterocycles. The Bertz CT molecular complexity index is 409. The minimum Gasteiger partial charge on any atom is -0.479 e. The van der Waals surface area contributed by atoms with Crippen LogP contribution in [0, 0.1) is 0 Å². The second-order valence-corrected chi connectivity index (χ2v) is 4.92. The van der Waals surface area contributed by atoms with Crippen molar-refractivity contribution in [2.45, 2.75) is 51.5 Å². The molecule has 1 fully saturated rings. The SMILES string of the molecule is CCOC(C)O[C@H]1CCC(C(=O)O)(C(=O)O)N(C(C)=O)C1. The van der Waals surface area contributed by atoms with Gasteiger partial charge in [0.05, 0.1) is 6.10 Å². The van der Waals surface area contributed by atoms with E-state index < -0.39 is 35.8 Å². The first-order valence-corrected chi connectivity index (χ1v) is 6.77. The van der Waals surface area contributed by atoms with Crippen molar-refractivity contribution in [1.29, 1.82) is 0 Å². The van der Waals surface area contributed by atoms with Crippen molar-refractivity contribution in [3.05, 3.63) is 0 Å². The Kier molecular flexibility index (Phi) is 5.68. The van der Waals surface area contributed by atoms with E-state index >= 15 is 0 Å². The fourth-order valence-corrected chi connectivity index (χ4v) is 2.55. The van der Waals surface area contributed by atoms with Gasteiger partial charge in [-0.2, -0.15) is 0 Å². The summed E-state index contributed by atoms with van der Waals surface area (Å²) < 4.78 is 10.8. The monoisotopic (exact) mass is 303 g/mol. The smallest absolute Gasteiger partial charge is 0.341 e. The lowest BCUT2D eigenvalue weighted by atomic mass is 9.85. The van der Waals surface area contributed by atoms with Crippen LogP contribution in [0.25, 0.3) is 0 Å². The van der Waals surface area contributed by atoms with Gasteiger partial charge < -0.3 is 24.6 Å². The number of hydrogen-bond acceptors (Lipinski definition) is 5. The van der Waals surface area contributed by atoms with E-state index in [4.69, 9.17) is 9.47 Å². The number of carbonyl (C=O) groups excluding carboxylic acids is 1. The summed E-state index contributed by atoms with van der Waals surface area (Å²) in [6.45, 7) is 5.01. The predicted octanol–water partition coefficient (Wildman–Crippen LogP) is 0.304. The Labute approximate surface area is 122 Å². The Balaban J connectivity index is 2.93. The molecule has 1 aliphatic rings. The molecule has 21 heavy (non-hydrogen) atoms. The number of ether oxygens (including phenoxy) is 2. The lowest BCUT2D eigenvalue weighted by molar-refractivity contribution is -0.195. The molecule has 2 atom stereocenters. The highest BCUT2D eigenvalue weighted by molar-refractivity contribution is 6.06. The van der Waals surface area contributed by atoms with E-state index in [0.717, 1.165) is 11.8 Å². The Morgan fingerprint density at radius 2 is 1.90 bits per heavy atom. The molecule has 8 heteroatoms. The van der Waals surface area contributed by atoms with Gasteiger partial charge in [-0.15, -0.1) is 0 Å². The Morgan fingerprint density at radius 3 is 2.33 bits per heavy atom. The molecule has 0 bridgehead atoms. The fourth-order valence-electron chi connectivity index (χ4n) is 2.55. The van der Waals surface area contributed by atoms with Gasteiger partial charge >= 0.3 is 11.9 Å². The molecule has 0 aromatic rings. The van der Waals surface area contributed by atoms with E-state index in [1.54, 1.807) is 6.92 Å². The molecule has 0 spiro atoms. The number of carboxylic acid groups (broad SMARTS) is 2. The molecule has 1 unspecified atom stereocenters. The maximum absolute atomic E-state index is 11.7. The van der Waals surface area contributed by atoms with Crippen molar-refractivity contribution in [3.63, 3.8) is 0 Å². The molecule has 1 amide bonds. The molecule has 120 valence electrons. The lowest BCUT2D eigenvalue weighted by Crippen LogP contribution is -2.66. The van der Waals surface area contributed by atoms with Gasteiger partial charge in [0, 0.05) is 20.1 Å². The van der Waals surface area contributed by atoms with Crippen molar-refractivity contribution in [3.8, 4) is 0 Å². The maximum Gasteiger partial charge on any atom is 0.341 e. The highest BCUT2D eigenvalue weighted by atomic mass is 16.7. The summed E-state index contributed by atoms with van der Waals surface area (Å²) in [6.07, 6.45) is -0.946. The van der Waals surface area contributed by atoms with Crippen molar-refractivity contribution in [2.24, 2.45) is 0 Å². The number of nitrogens with zero attached hydrogens (tertiary/aromatic N) is 1. The van der Waals surface area contributed by atoms with Crippen molar-refractivity contribution < 1.29 is 34.1 Å². The van der Waals surface area contributed by atoms with Crippen LogP contribution in [0.1, 0.15) is 33.6 Å². The van der Waals surface area contributed by atoms with Crippen LogP contribution in [0.15, 0.2) is 0 Å². The number of hydrogen-bond donors (Lipinski definition) is 2. The molecule has 2 N–H and O–H groups in total. The van der Waals surface area contributed by atoms with E-state index in [1.165, 1.54) is 0 Å². The first-order chi connectivity index (χ1) is 9.75. The average molecular weight is 303 g/mol. The normalized spacial score (nSPS) is 22.6. The molecule has 1 aliphatic heterocycles. The van der Waals surface area contributed by atoms with E-state index in [0.29, 0.717) is 6.61 Å². The van der Waals surface area contributed by atoms with E-state index in [2.05, 4.69) is 0 Å². The average Bonchev–Trinajstić information content (AvgIpc) is 2.38. The third-order valence-corrected chi connectivity index (χ3v) is 3.55. The summed E-state index contributed by atoms with van der Waals surface area (Å²) in [4.78, 5) is 35.4. The Morgan fingerprint density at radius 1 is 1.33 bits per heavy atom. The zero-order valence-electron chi connectivity index (χ0n) is 12.4. The number of piperidine rings is 1. The molecular weight excluding hydrogens is 282 g/mol. The van der Waals surface area contributed by atoms with Gasteiger partial charge in [0.2, 0.25) is 11.4 Å². The standard InChI is InChI=1S/C13H21NO7/c1-4-20-9(3)21-10-5-6-13(11(16)17,12(18)19)14(7-10)8(2)15/h9-10H,4-7H2,1-3H3,(H,16,17)(H,18,19)/t9?,10-/m0/s1. The molecule has 1 saturated heterocycles. The van der Waals surface area contributed by atoms with Crippen LogP contribution in [0.3, 0.4) is 0 Å². The maximum atomic E-state index is 11.7. The van der Waals surface area contributed by atoms with Crippen molar-refractivity contribution in [2.75, 3.05) is 13.2 Å². The summed E-state index contributed by atoms with van der Waals surface area (Å²) >= 11 is 0. The molecule has 0 saturated carbocycles. The highest BCUT2D eigenvalue weighted by Crippen LogP contribution is 2.31. The summed E-state index contributed by atoms with van der Waals surface area (Å²) in [6, 6.07) is 0. The number of amides is 1. The zero-order chi connectivity index (χ0) is 16.2. The van der Waals surface area contributed by atoms with E-state index in [-0.39, 0.29) is 19.4 Å². The number of rotatable bonds is 6. The van der Waals surface area contributed by atoms with Crippen LogP contribution in [-0.4, -0.2) is 64.0 Å². The van der Waals surface area contributed by atoms with Crippen LogP contribution < -0.4 is 0 Å². The Hall–Kier alpha value is -1.67. The second-order valence-electron chi connectivity index (χ2n) is 4.92. The number of carboxylic acids is 2. The number of likely N-dealkylation sites (tertiary alicyclic amines) is 1.